The van der Waals surface area contributed by atoms with Gasteiger partial charge in [-0.05, 0) is 6.07 Å². The normalized spacial score (nSPS) is 10.6. The van der Waals surface area contributed by atoms with Crippen LogP contribution in [0, 0.1) is 0 Å². The van der Waals surface area contributed by atoms with Crippen LogP contribution in [0.25, 0.3) is 0 Å². The van der Waals surface area contributed by atoms with Crippen molar-refractivity contribution in [3.8, 4) is 0 Å². The zero-order chi connectivity index (χ0) is 12.0. The molecule has 0 unspecified atom stereocenters. The van der Waals surface area contributed by atoms with Crippen LogP contribution in [0.4, 0.5) is 0 Å². The summed E-state index contributed by atoms with van der Waals surface area (Å²) in [4.78, 5) is 10.4. The van der Waals surface area contributed by atoms with Crippen LogP contribution in [0.15, 0.2) is 29.6 Å². The van der Waals surface area contributed by atoms with Gasteiger partial charge in [-0.2, -0.15) is 5.10 Å². The Morgan fingerprint density at radius 1 is 1.62 bits per heavy atom. The summed E-state index contributed by atoms with van der Waals surface area (Å²) in [6.07, 6.45) is 5.57. The topological polar surface area (TPSA) is 56.8 Å². The standard InChI is InChI=1S/C11H15N3O2/c1-13(2)12-8-10-4-3-6-14(9-10)7-5-11(15)16/h3-4,6,8-9H,5,7H2,1-2H3/p+1/b12-8-. The molecule has 16 heavy (non-hydrogen) atoms. The predicted molar refractivity (Wildman–Crippen MR) is 60.2 cm³/mol. The SMILES string of the molecule is CN(C)/N=C\c1ccc[n+](CCC(=O)O)c1. The Morgan fingerprint density at radius 3 is 3.00 bits per heavy atom. The second-order valence-electron chi connectivity index (χ2n) is 3.61. The van der Waals surface area contributed by atoms with E-state index in [4.69, 9.17) is 5.11 Å². The summed E-state index contributed by atoms with van der Waals surface area (Å²) in [6, 6.07) is 3.79. The van der Waals surface area contributed by atoms with E-state index < -0.39 is 5.97 Å². The summed E-state index contributed by atoms with van der Waals surface area (Å²) in [7, 11) is 3.69. The van der Waals surface area contributed by atoms with Crippen LogP contribution in [-0.4, -0.2) is 36.4 Å². The molecule has 1 rings (SSSR count). The molecule has 0 bridgehead atoms. The Hall–Kier alpha value is -1.91. The maximum absolute atomic E-state index is 10.4. The Bertz CT molecular complexity index is 389. The number of hydrazone groups is 1. The van der Waals surface area contributed by atoms with Crippen LogP contribution in [0.2, 0.25) is 0 Å². The highest BCUT2D eigenvalue weighted by atomic mass is 16.4. The van der Waals surface area contributed by atoms with E-state index in [1.165, 1.54) is 0 Å². The first-order valence-corrected chi connectivity index (χ1v) is 5.00. The molecule has 0 aromatic carbocycles. The number of hydrogen-bond donors (Lipinski definition) is 1. The van der Waals surface area contributed by atoms with Gasteiger partial charge in [0.15, 0.2) is 18.9 Å². The number of carboxylic acids is 1. The average Bonchev–Trinajstić information content (AvgIpc) is 2.24. The summed E-state index contributed by atoms with van der Waals surface area (Å²) < 4.78 is 1.84. The quantitative estimate of drug-likeness (QED) is 0.444. The molecule has 0 aliphatic carbocycles. The van der Waals surface area contributed by atoms with Crippen LogP contribution >= 0.6 is 0 Å². The molecule has 0 aliphatic rings. The molecule has 1 N–H and O–H groups in total. The molecule has 0 atom stereocenters. The number of hydrogen-bond acceptors (Lipinski definition) is 3. The summed E-state index contributed by atoms with van der Waals surface area (Å²) in [5.41, 5.74) is 0.946. The van der Waals surface area contributed by atoms with Gasteiger partial charge < -0.3 is 10.1 Å². The molecule has 5 nitrogen and oxygen atoms in total. The second kappa shape index (κ2) is 5.85. The molecule has 0 saturated carbocycles. The Labute approximate surface area is 94.6 Å². The largest absolute Gasteiger partial charge is 0.481 e. The third kappa shape index (κ3) is 4.54. The minimum atomic E-state index is -0.792. The van der Waals surface area contributed by atoms with E-state index in [1.54, 1.807) is 11.2 Å². The first-order valence-electron chi connectivity index (χ1n) is 5.00. The molecule has 0 amide bonds. The van der Waals surface area contributed by atoms with E-state index in [0.717, 1.165) is 5.56 Å². The fourth-order valence-corrected chi connectivity index (χ4v) is 1.16. The maximum Gasteiger partial charge on any atom is 0.309 e. The van der Waals surface area contributed by atoms with E-state index in [0.29, 0.717) is 6.54 Å². The number of aliphatic carboxylic acids is 1. The highest BCUT2D eigenvalue weighted by molar-refractivity contribution is 5.78. The van der Waals surface area contributed by atoms with Gasteiger partial charge >= 0.3 is 5.97 Å². The molecule has 1 aromatic heterocycles. The van der Waals surface area contributed by atoms with E-state index >= 15 is 0 Å². The molecule has 0 spiro atoms. The minimum Gasteiger partial charge on any atom is -0.481 e. The second-order valence-corrected chi connectivity index (χ2v) is 3.61. The van der Waals surface area contributed by atoms with Crippen molar-refractivity contribution in [2.24, 2.45) is 5.10 Å². The van der Waals surface area contributed by atoms with Gasteiger partial charge in [0.25, 0.3) is 0 Å². The van der Waals surface area contributed by atoms with Gasteiger partial charge in [0.2, 0.25) is 0 Å². The van der Waals surface area contributed by atoms with Crippen molar-refractivity contribution in [2.75, 3.05) is 14.1 Å². The van der Waals surface area contributed by atoms with Crippen molar-refractivity contribution in [3.05, 3.63) is 30.1 Å². The molecule has 1 heterocycles. The zero-order valence-electron chi connectivity index (χ0n) is 9.50. The van der Waals surface area contributed by atoms with Crippen molar-refractivity contribution in [3.63, 3.8) is 0 Å². The van der Waals surface area contributed by atoms with E-state index in [-0.39, 0.29) is 6.42 Å². The molecule has 0 saturated heterocycles. The number of aryl methyl sites for hydroxylation is 1. The smallest absolute Gasteiger partial charge is 0.309 e. The molecule has 0 radical (unpaired) electrons. The average molecular weight is 222 g/mol. The third-order valence-electron chi connectivity index (χ3n) is 1.90. The van der Waals surface area contributed by atoms with E-state index in [2.05, 4.69) is 5.10 Å². The number of pyridine rings is 1. The summed E-state index contributed by atoms with van der Waals surface area (Å²) >= 11 is 0. The fourth-order valence-electron chi connectivity index (χ4n) is 1.16. The first kappa shape index (κ1) is 12.2. The molecule has 5 heteroatoms. The molecule has 86 valence electrons. The number of carboxylic acid groups (broad SMARTS) is 1. The summed E-state index contributed by atoms with van der Waals surface area (Å²) in [6.45, 7) is 0.471. The van der Waals surface area contributed by atoms with Gasteiger partial charge in [-0.1, -0.05) is 0 Å². The van der Waals surface area contributed by atoms with Gasteiger partial charge in [0.1, 0.15) is 6.42 Å². The predicted octanol–water partition coefficient (Wildman–Crippen LogP) is 0.344. The lowest BCUT2D eigenvalue weighted by Gasteiger charge is -2.01. The van der Waals surface area contributed by atoms with Gasteiger partial charge in [-0.3, -0.25) is 4.79 Å². The lowest BCUT2D eigenvalue weighted by Crippen LogP contribution is -2.34. The van der Waals surface area contributed by atoms with Crippen molar-refractivity contribution >= 4 is 12.2 Å². The van der Waals surface area contributed by atoms with Gasteiger partial charge in [-0.25, -0.2) is 4.57 Å². The van der Waals surface area contributed by atoms with Crippen molar-refractivity contribution in [2.45, 2.75) is 13.0 Å². The van der Waals surface area contributed by atoms with E-state index in [1.807, 2.05) is 43.2 Å². The van der Waals surface area contributed by atoms with Gasteiger partial charge in [-0.15, -0.1) is 0 Å². The van der Waals surface area contributed by atoms with Crippen LogP contribution in [0.5, 0.6) is 0 Å². The van der Waals surface area contributed by atoms with Gasteiger partial charge in [0, 0.05) is 20.2 Å². The van der Waals surface area contributed by atoms with Crippen LogP contribution in [0.3, 0.4) is 0 Å². The third-order valence-corrected chi connectivity index (χ3v) is 1.90. The number of carbonyl (C=O) groups is 1. The fraction of sp³-hybridized carbons (Fsp3) is 0.364. The summed E-state index contributed by atoms with van der Waals surface area (Å²) in [5, 5.41) is 14.4. The zero-order valence-corrected chi connectivity index (χ0v) is 9.50. The molecule has 0 fully saturated rings. The maximum atomic E-state index is 10.4. The molecule has 0 aliphatic heterocycles. The monoisotopic (exact) mass is 222 g/mol. The lowest BCUT2D eigenvalue weighted by atomic mass is 10.3. The van der Waals surface area contributed by atoms with Crippen LogP contribution in [-0.2, 0) is 11.3 Å². The van der Waals surface area contributed by atoms with Crippen LogP contribution < -0.4 is 4.57 Å². The Balaban J connectivity index is 2.67. The highest BCUT2D eigenvalue weighted by Crippen LogP contribution is 1.91. The first-order chi connectivity index (χ1) is 7.58. The number of nitrogens with zero attached hydrogens (tertiary/aromatic N) is 3. The number of aromatic nitrogens is 1. The number of rotatable bonds is 5. The van der Waals surface area contributed by atoms with Gasteiger partial charge in [0.05, 0.1) is 11.8 Å². The summed E-state index contributed by atoms with van der Waals surface area (Å²) in [5.74, 6) is -0.792. The molecular formula is C11H16N3O2+. The van der Waals surface area contributed by atoms with Crippen LogP contribution in [0.1, 0.15) is 12.0 Å². The molecular weight excluding hydrogens is 206 g/mol. The van der Waals surface area contributed by atoms with E-state index in [9.17, 15) is 4.79 Å². The van der Waals surface area contributed by atoms with Crippen molar-refractivity contribution in [1.29, 1.82) is 0 Å². The lowest BCUT2D eigenvalue weighted by molar-refractivity contribution is -0.696. The highest BCUT2D eigenvalue weighted by Gasteiger charge is 2.04. The van der Waals surface area contributed by atoms with Crippen molar-refractivity contribution < 1.29 is 14.5 Å². The Kier molecular flexibility index (Phi) is 4.44. The Morgan fingerprint density at radius 2 is 2.38 bits per heavy atom. The van der Waals surface area contributed by atoms with Crippen molar-refractivity contribution in [1.82, 2.24) is 5.01 Å². The minimum absolute atomic E-state index is 0.124. The molecule has 1 aromatic rings.